The predicted molar refractivity (Wildman–Crippen MR) is 184 cm³/mol. The van der Waals surface area contributed by atoms with Crippen LogP contribution in [0.3, 0.4) is 0 Å². The Balaban J connectivity index is 1.31. The van der Waals surface area contributed by atoms with Crippen LogP contribution in [0.5, 0.6) is 11.5 Å². The summed E-state index contributed by atoms with van der Waals surface area (Å²) >= 11 is 0. The Morgan fingerprint density at radius 3 is 1.91 bits per heavy atom. The van der Waals surface area contributed by atoms with Crippen molar-refractivity contribution in [2.45, 2.75) is 0 Å². The number of rotatable bonds is 3. The van der Waals surface area contributed by atoms with Crippen LogP contribution < -0.4 is 26.0 Å². The molecule has 0 bridgehead atoms. The van der Waals surface area contributed by atoms with Crippen molar-refractivity contribution in [1.29, 1.82) is 0 Å². The van der Waals surface area contributed by atoms with Gasteiger partial charge in [-0.2, -0.15) is 0 Å². The van der Waals surface area contributed by atoms with E-state index >= 15 is 0 Å². The Kier molecular flexibility index (Phi) is 4.80. The van der Waals surface area contributed by atoms with Crippen molar-refractivity contribution in [3.8, 4) is 17.2 Å². The van der Waals surface area contributed by atoms with E-state index in [4.69, 9.17) is 4.74 Å². The second kappa shape index (κ2) is 8.89. The lowest BCUT2D eigenvalue weighted by Crippen LogP contribution is -2.58. The van der Waals surface area contributed by atoms with Gasteiger partial charge in [0, 0.05) is 44.8 Å². The molecule has 4 heteroatoms. The Hall–Kier alpha value is -5.74. The van der Waals surface area contributed by atoms with Gasteiger partial charge >= 0.3 is 0 Å². The number of benzene rings is 7. The molecule has 8 aromatic rings. The molecule has 2 aliphatic rings. The van der Waals surface area contributed by atoms with Crippen LogP contribution in [0, 0.1) is 0 Å². The third-order valence-electron chi connectivity index (χ3n) is 9.41. The molecule has 204 valence electrons. The molecule has 0 saturated heterocycles. The Bertz CT molecular complexity index is 2390. The number of hydrogen-bond donors (Lipinski definition) is 0. The Morgan fingerprint density at radius 2 is 1.14 bits per heavy atom. The van der Waals surface area contributed by atoms with Crippen LogP contribution in [0.15, 0.2) is 152 Å². The summed E-state index contributed by atoms with van der Waals surface area (Å²) in [6.07, 6.45) is 0. The van der Waals surface area contributed by atoms with Gasteiger partial charge < -0.3 is 14.2 Å². The highest BCUT2D eigenvalue weighted by atomic mass is 16.5. The molecule has 0 atom stereocenters. The average molecular weight is 560 g/mol. The fraction of sp³-hybridized carbons (Fsp3) is 0. The first kappa shape index (κ1) is 23.8. The zero-order chi connectivity index (χ0) is 28.8. The zero-order valence-corrected chi connectivity index (χ0v) is 23.8. The molecule has 0 unspecified atom stereocenters. The van der Waals surface area contributed by atoms with Crippen molar-refractivity contribution in [1.82, 2.24) is 4.57 Å². The van der Waals surface area contributed by atoms with Gasteiger partial charge in [0.05, 0.1) is 11.2 Å². The summed E-state index contributed by atoms with van der Waals surface area (Å²) in [5.41, 5.74) is 10.8. The fourth-order valence-corrected chi connectivity index (χ4v) is 7.71. The second-order valence-corrected chi connectivity index (χ2v) is 11.7. The molecule has 0 saturated carbocycles. The topological polar surface area (TPSA) is 17.4 Å². The van der Waals surface area contributed by atoms with Gasteiger partial charge in [-0.15, -0.1) is 0 Å². The van der Waals surface area contributed by atoms with E-state index in [-0.39, 0.29) is 6.71 Å². The third-order valence-corrected chi connectivity index (χ3v) is 9.41. The molecule has 0 fully saturated rings. The maximum absolute atomic E-state index is 6.95. The summed E-state index contributed by atoms with van der Waals surface area (Å²) in [5.74, 6) is 1.83. The van der Waals surface area contributed by atoms with Gasteiger partial charge in [0.2, 0.25) is 0 Å². The number of nitrogens with zero attached hydrogens (tertiary/aromatic N) is 2. The van der Waals surface area contributed by atoms with E-state index in [9.17, 15) is 0 Å². The monoisotopic (exact) mass is 560 g/mol. The summed E-state index contributed by atoms with van der Waals surface area (Å²) in [6.45, 7) is 0.0475. The number of anilines is 3. The molecule has 2 aliphatic heterocycles. The van der Waals surface area contributed by atoms with Crippen molar-refractivity contribution in [3.63, 3.8) is 0 Å². The lowest BCUT2D eigenvalue weighted by atomic mass is 9.34. The maximum atomic E-state index is 6.95. The minimum Gasteiger partial charge on any atom is -0.458 e. The first-order valence-corrected chi connectivity index (χ1v) is 15.2. The van der Waals surface area contributed by atoms with Crippen molar-refractivity contribution < 1.29 is 4.74 Å². The molecule has 0 radical (unpaired) electrons. The van der Waals surface area contributed by atoms with Crippen molar-refractivity contribution in [2.75, 3.05) is 4.90 Å². The van der Waals surface area contributed by atoms with Crippen LogP contribution in [0.1, 0.15) is 0 Å². The standard InChI is InChI=1S/C40H25BN2O/c1-3-13-26(14-4-1)42(27-15-5-2-6-16-27)35-25-37-38(30-19-8-7-17-28(30)35)41-32-21-11-20-31-29-18-9-10-22-33(29)43(40(31)32)34-23-12-24-36(44-37)39(34)41/h1-25H. The van der Waals surface area contributed by atoms with Crippen LogP contribution in [0.2, 0.25) is 0 Å². The third kappa shape index (κ3) is 3.12. The van der Waals surface area contributed by atoms with Crippen LogP contribution in [-0.4, -0.2) is 11.3 Å². The van der Waals surface area contributed by atoms with E-state index < -0.39 is 0 Å². The molecule has 10 rings (SSSR count). The molecule has 3 nitrogen and oxygen atoms in total. The molecule has 44 heavy (non-hydrogen) atoms. The maximum Gasteiger partial charge on any atom is 0.257 e. The molecular weight excluding hydrogens is 535 g/mol. The molecule has 1 aromatic heterocycles. The Labute approximate surface area is 255 Å². The Morgan fingerprint density at radius 1 is 0.500 bits per heavy atom. The van der Waals surface area contributed by atoms with Crippen LogP contribution in [0.4, 0.5) is 17.1 Å². The van der Waals surface area contributed by atoms with Gasteiger partial charge in [-0.25, -0.2) is 0 Å². The quantitative estimate of drug-likeness (QED) is 0.202. The highest BCUT2D eigenvalue weighted by Crippen LogP contribution is 2.44. The molecule has 3 heterocycles. The van der Waals surface area contributed by atoms with Gasteiger partial charge in [-0.05, 0) is 64.2 Å². The van der Waals surface area contributed by atoms with E-state index in [1.165, 1.54) is 54.7 Å². The molecule has 0 spiro atoms. The van der Waals surface area contributed by atoms with Gasteiger partial charge in [-0.3, -0.25) is 0 Å². The van der Waals surface area contributed by atoms with E-state index in [0.29, 0.717) is 0 Å². The molecular formula is C40H25BN2O. The minimum atomic E-state index is 0.0475. The van der Waals surface area contributed by atoms with E-state index in [0.717, 1.165) is 28.6 Å². The van der Waals surface area contributed by atoms with Gasteiger partial charge in [0.1, 0.15) is 11.5 Å². The lowest BCUT2D eigenvalue weighted by Gasteiger charge is -2.35. The second-order valence-electron chi connectivity index (χ2n) is 11.7. The zero-order valence-electron chi connectivity index (χ0n) is 23.8. The normalized spacial score (nSPS) is 12.7. The van der Waals surface area contributed by atoms with Crippen LogP contribution in [-0.2, 0) is 0 Å². The summed E-state index contributed by atoms with van der Waals surface area (Å²) < 4.78 is 9.41. The fourth-order valence-electron chi connectivity index (χ4n) is 7.71. The summed E-state index contributed by atoms with van der Waals surface area (Å²) in [7, 11) is 0. The van der Waals surface area contributed by atoms with E-state index in [2.05, 4.69) is 161 Å². The summed E-state index contributed by atoms with van der Waals surface area (Å²) in [5, 5.41) is 4.98. The number of aromatic nitrogens is 1. The van der Waals surface area contributed by atoms with E-state index in [1.54, 1.807) is 0 Å². The van der Waals surface area contributed by atoms with Gasteiger partial charge in [0.15, 0.2) is 0 Å². The first-order chi connectivity index (χ1) is 21.9. The number of para-hydroxylation sites is 4. The smallest absolute Gasteiger partial charge is 0.257 e. The molecule has 0 aliphatic carbocycles. The predicted octanol–water partition coefficient (Wildman–Crippen LogP) is 8.34. The number of fused-ring (bicyclic) bond motifs is 9. The summed E-state index contributed by atoms with van der Waals surface area (Å²) in [6, 6.07) is 54.4. The largest absolute Gasteiger partial charge is 0.458 e. The molecule has 0 amide bonds. The molecule has 0 N–H and O–H groups in total. The van der Waals surface area contributed by atoms with Crippen molar-refractivity contribution >= 4 is 72.7 Å². The highest BCUT2D eigenvalue weighted by molar-refractivity contribution is 7.00. The lowest BCUT2D eigenvalue weighted by molar-refractivity contribution is 0.488. The highest BCUT2D eigenvalue weighted by Gasteiger charge is 2.41. The van der Waals surface area contributed by atoms with Gasteiger partial charge in [0.25, 0.3) is 6.71 Å². The van der Waals surface area contributed by atoms with E-state index in [1.807, 2.05) is 0 Å². The summed E-state index contributed by atoms with van der Waals surface area (Å²) in [4.78, 5) is 2.34. The minimum absolute atomic E-state index is 0.0475. The first-order valence-electron chi connectivity index (χ1n) is 15.2. The molecule has 7 aromatic carbocycles. The average Bonchev–Trinajstić information content (AvgIpc) is 3.43. The van der Waals surface area contributed by atoms with Gasteiger partial charge in [-0.1, -0.05) is 103 Å². The van der Waals surface area contributed by atoms with Crippen LogP contribution >= 0.6 is 0 Å². The number of hydrogen-bond acceptors (Lipinski definition) is 2. The van der Waals surface area contributed by atoms with Crippen molar-refractivity contribution in [3.05, 3.63) is 152 Å². The van der Waals surface area contributed by atoms with Crippen molar-refractivity contribution in [2.24, 2.45) is 0 Å². The van der Waals surface area contributed by atoms with Crippen LogP contribution in [0.25, 0.3) is 38.3 Å². The SMILES string of the molecule is c1ccc(N(c2ccccc2)c2cc3c(c4ccccc24)B2c4c(cccc4-n4c5ccccc5c5cccc2c54)O3)cc1. The number of ether oxygens (including phenoxy) is 1.